The van der Waals surface area contributed by atoms with Crippen molar-refractivity contribution in [2.75, 3.05) is 23.4 Å². The molecule has 7 nitrogen and oxygen atoms in total. The summed E-state index contributed by atoms with van der Waals surface area (Å²) in [5, 5.41) is 4.51. The minimum Gasteiger partial charge on any atom is -0.374 e. The molecule has 4 aliphatic rings. The number of nitrogens with one attached hydrogen (secondary N) is 1. The summed E-state index contributed by atoms with van der Waals surface area (Å²) in [5.41, 5.74) is 2.29. The average molecular weight is 458 g/mol. The van der Waals surface area contributed by atoms with Crippen LogP contribution in [0.15, 0.2) is 30.7 Å². The van der Waals surface area contributed by atoms with Gasteiger partial charge in [0, 0.05) is 47.4 Å². The Morgan fingerprint density at radius 2 is 1.97 bits per heavy atom. The van der Waals surface area contributed by atoms with Crippen molar-refractivity contribution in [1.29, 1.82) is 0 Å². The predicted octanol–water partition coefficient (Wildman–Crippen LogP) is 3.59. The Bertz CT molecular complexity index is 1350. The van der Waals surface area contributed by atoms with Gasteiger partial charge >= 0.3 is 0 Å². The van der Waals surface area contributed by atoms with E-state index < -0.39 is 5.82 Å². The van der Waals surface area contributed by atoms with Crippen LogP contribution in [0.3, 0.4) is 0 Å². The Balaban J connectivity index is 1.29. The van der Waals surface area contributed by atoms with Crippen LogP contribution in [-0.4, -0.2) is 46.2 Å². The Kier molecular flexibility index (Phi) is 5.15. The lowest BCUT2D eigenvalue weighted by Crippen LogP contribution is -2.54. The van der Waals surface area contributed by atoms with E-state index in [4.69, 9.17) is 4.74 Å². The summed E-state index contributed by atoms with van der Waals surface area (Å²) in [6, 6.07) is 3.59. The highest BCUT2D eigenvalue weighted by Crippen LogP contribution is 2.32. The summed E-state index contributed by atoms with van der Waals surface area (Å²) in [5.74, 6) is 6.00. The summed E-state index contributed by atoms with van der Waals surface area (Å²) in [7, 11) is 0. The first-order valence-electron chi connectivity index (χ1n) is 11.7. The number of anilines is 2. The van der Waals surface area contributed by atoms with Gasteiger partial charge in [-0.2, -0.15) is 0 Å². The maximum absolute atomic E-state index is 14.9. The summed E-state index contributed by atoms with van der Waals surface area (Å²) in [6.45, 7) is 3.34. The molecule has 1 saturated carbocycles. The maximum Gasteiger partial charge on any atom is 0.228 e. The number of rotatable bonds is 3. The van der Waals surface area contributed by atoms with Crippen LogP contribution in [0.4, 0.5) is 15.9 Å². The van der Waals surface area contributed by atoms with E-state index in [9.17, 15) is 9.18 Å². The number of pyridine rings is 3. The van der Waals surface area contributed by atoms with Crippen molar-refractivity contribution in [3.8, 4) is 11.8 Å². The number of piperidine rings is 1. The van der Waals surface area contributed by atoms with E-state index in [-0.39, 0.29) is 29.7 Å². The Labute approximate surface area is 196 Å². The van der Waals surface area contributed by atoms with Gasteiger partial charge in [-0.3, -0.25) is 9.78 Å². The zero-order valence-electron chi connectivity index (χ0n) is 18.8. The van der Waals surface area contributed by atoms with Gasteiger partial charge in [0.05, 0.1) is 36.2 Å². The first kappa shape index (κ1) is 21.0. The van der Waals surface area contributed by atoms with Crippen LogP contribution in [0.25, 0.3) is 10.8 Å². The van der Waals surface area contributed by atoms with Crippen LogP contribution in [0.5, 0.6) is 0 Å². The third-order valence-corrected chi connectivity index (χ3v) is 6.83. The number of amides is 1. The third-order valence-electron chi connectivity index (χ3n) is 6.83. The fourth-order valence-electron chi connectivity index (χ4n) is 4.68. The zero-order valence-corrected chi connectivity index (χ0v) is 18.8. The average Bonchev–Trinajstić information content (AvgIpc) is 3.71. The van der Waals surface area contributed by atoms with Crippen molar-refractivity contribution in [2.24, 2.45) is 5.92 Å². The molecule has 1 N–H and O–H groups in total. The highest BCUT2D eigenvalue weighted by molar-refractivity contribution is 5.96. The largest absolute Gasteiger partial charge is 0.374 e. The quantitative estimate of drug-likeness (QED) is 0.606. The molecule has 172 valence electrons. The van der Waals surface area contributed by atoms with E-state index in [1.54, 1.807) is 24.7 Å². The van der Waals surface area contributed by atoms with Gasteiger partial charge in [-0.25, -0.2) is 14.4 Å². The number of fused-ring (bicyclic) bond motifs is 4. The summed E-state index contributed by atoms with van der Waals surface area (Å²) >= 11 is 0. The number of hydrogen-bond donors (Lipinski definition) is 1. The molecule has 0 aromatic carbocycles. The molecule has 1 amide bonds. The SMILES string of the molecule is Cc1ncc(C#Cc2ncc(N3CC4CCC3CO4)cc2F)c2cc(NC(=O)C3CC3)ncc12. The number of carbonyl (C=O) groups excluding carboxylic acids is 1. The van der Waals surface area contributed by atoms with E-state index >= 15 is 0 Å². The lowest BCUT2D eigenvalue weighted by molar-refractivity contribution is -0.117. The Morgan fingerprint density at radius 1 is 1.09 bits per heavy atom. The lowest BCUT2D eigenvalue weighted by atomic mass is 9.96. The minimum absolute atomic E-state index is 0.00916. The van der Waals surface area contributed by atoms with E-state index in [0.29, 0.717) is 18.0 Å². The second-order valence-electron chi connectivity index (χ2n) is 9.25. The smallest absolute Gasteiger partial charge is 0.228 e. The molecule has 6 heterocycles. The summed E-state index contributed by atoms with van der Waals surface area (Å²) in [6.07, 6.45) is 9.20. The number of halogens is 1. The highest BCUT2D eigenvalue weighted by Gasteiger charge is 2.35. The highest BCUT2D eigenvalue weighted by atomic mass is 19.1. The first-order valence-corrected chi connectivity index (χ1v) is 11.7. The predicted molar refractivity (Wildman–Crippen MR) is 126 cm³/mol. The molecule has 0 spiro atoms. The molecule has 2 atom stereocenters. The van der Waals surface area contributed by atoms with Gasteiger partial charge in [0.1, 0.15) is 11.5 Å². The molecule has 34 heavy (non-hydrogen) atoms. The van der Waals surface area contributed by atoms with Gasteiger partial charge < -0.3 is 15.0 Å². The van der Waals surface area contributed by atoms with Gasteiger partial charge in [0.25, 0.3) is 0 Å². The number of ether oxygens (including phenoxy) is 1. The summed E-state index contributed by atoms with van der Waals surface area (Å²) < 4.78 is 20.7. The van der Waals surface area contributed by atoms with Crippen molar-refractivity contribution in [3.05, 3.63) is 53.5 Å². The van der Waals surface area contributed by atoms with Crippen LogP contribution in [0, 0.1) is 30.5 Å². The molecule has 3 aromatic heterocycles. The van der Waals surface area contributed by atoms with E-state index in [1.165, 1.54) is 6.07 Å². The number of aryl methyl sites for hydroxylation is 1. The monoisotopic (exact) mass is 457 g/mol. The van der Waals surface area contributed by atoms with Crippen molar-refractivity contribution < 1.29 is 13.9 Å². The van der Waals surface area contributed by atoms with E-state index in [1.807, 2.05) is 6.92 Å². The zero-order chi connectivity index (χ0) is 23.2. The number of carbonyl (C=O) groups is 1. The topological polar surface area (TPSA) is 80.2 Å². The molecule has 7 rings (SSSR count). The van der Waals surface area contributed by atoms with E-state index in [0.717, 1.165) is 54.4 Å². The number of morpholine rings is 1. The van der Waals surface area contributed by atoms with Crippen molar-refractivity contribution in [1.82, 2.24) is 15.0 Å². The standard InChI is InChI=1S/C26H24FN5O2/c1-15-22-12-30-25(31-26(33)16-2-3-16)9-21(22)17(10-28-15)4-7-24-23(27)8-19(11-29-24)32-13-20-6-5-18(32)14-34-20/h8-12,16,18,20H,2-3,5-6,13-14H2,1H3,(H,30,31,33). The van der Waals surface area contributed by atoms with Crippen LogP contribution in [0.1, 0.15) is 42.6 Å². The molecule has 2 bridgehead atoms. The summed E-state index contributed by atoms with van der Waals surface area (Å²) in [4.78, 5) is 27.4. The Morgan fingerprint density at radius 3 is 2.68 bits per heavy atom. The molecule has 0 radical (unpaired) electrons. The maximum atomic E-state index is 14.9. The molecule has 8 heteroatoms. The van der Waals surface area contributed by atoms with Gasteiger partial charge in [0.2, 0.25) is 5.91 Å². The van der Waals surface area contributed by atoms with Crippen LogP contribution < -0.4 is 10.2 Å². The van der Waals surface area contributed by atoms with Crippen molar-refractivity contribution in [3.63, 3.8) is 0 Å². The molecule has 4 fully saturated rings. The third kappa shape index (κ3) is 3.97. The van der Waals surface area contributed by atoms with Crippen LogP contribution in [0.2, 0.25) is 0 Å². The first-order chi connectivity index (χ1) is 16.5. The lowest BCUT2D eigenvalue weighted by Gasteiger charge is -2.46. The number of nitrogens with zero attached hydrogens (tertiary/aromatic N) is 4. The number of hydrogen-bond acceptors (Lipinski definition) is 6. The molecular weight excluding hydrogens is 433 g/mol. The number of aromatic nitrogens is 3. The Hall–Kier alpha value is -3.57. The van der Waals surface area contributed by atoms with Crippen LogP contribution in [-0.2, 0) is 9.53 Å². The normalized spacial score (nSPS) is 21.3. The molecule has 3 aliphatic heterocycles. The second kappa shape index (κ2) is 8.33. The second-order valence-corrected chi connectivity index (χ2v) is 9.25. The van der Waals surface area contributed by atoms with Crippen LogP contribution >= 0.6 is 0 Å². The van der Waals surface area contributed by atoms with Gasteiger partial charge in [-0.15, -0.1) is 0 Å². The fourth-order valence-corrected chi connectivity index (χ4v) is 4.68. The van der Waals surface area contributed by atoms with Crippen molar-refractivity contribution >= 4 is 28.2 Å². The van der Waals surface area contributed by atoms with Gasteiger partial charge in [0.15, 0.2) is 5.82 Å². The van der Waals surface area contributed by atoms with E-state index in [2.05, 4.69) is 37.0 Å². The van der Waals surface area contributed by atoms with Gasteiger partial charge in [-0.05, 0) is 44.6 Å². The molecule has 3 aromatic rings. The molecule has 2 unspecified atom stereocenters. The fraction of sp³-hybridized carbons (Fsp3) is 0.385. The molecule has 1 aliphatic carbocycles. The molecular formula is C26H24FN5O2. The molecule has 3 saturated heterocycles. The van der Waals surface area contributed by atoms with Crippen molar-refractivity contribution in [2.45, 2.75) is 44.8 Å². The minimum atomic E-state index is -0.448. The van der Waals surface area contributed by atoms with Gasteiger partial charge in [-0.1, -0.05) is 5.92 Å².